The highest BCUT2D eigenvalue weighted by Crippen LogP contribution is 2.32. The minimum absolute atomic E-state index is 0.205. The first-order valence-corrected chi connectivity index (χ1v) is 8.06. The number of H-pyrrole nitrogens is 1. The number of carbonyl (C=O) groups is 1. The fourth-order valence-corrected chi connectivity index (χ4v) is 3.11. The predicted octanol–water partition coefficient (Wildman–Crippen LogP) is 2.62. The third-order valence-corrected chi connectivity index (χ3v) is 4.24. The van der Waals surface area contributed by atoms with Gasteiger partial charge in [0.1, 0.15) is 0 Å². The summed E-state index contributed by atoms with van der Waals surface area (Å²) in [7, 11) is 0. The van der Waals surface area contributed by atoms with Crippen molar-refractivity contribution >= 4 is 5.91 Å². The molecule has 1 N–H and O–H groups in total. The molecule has 1 aliphatic rings. The molecule has 6 heteroatoms. The summed E-state index contributed by atoms with van der Waals surface area (Å²) in [5, 5.41) is 6.83. The number of aromatic amines is 1. The third-order valence-electron chi connectivity index (χ3n) is 4.24. The van der Waals surface area contributed by atoms with Crippen molar-refractivity contribution in [2.75, 3.05) is 13.1 Å². The van der Waals surface area contributed by atoms with Crippen LogP contribution in [-0.2, 0) is 4.79 Å². The first-order chi connectivity index (χ1) is 11.0. The number of hydrogen-bond acceptors (Lipinski definition) is 4. The maximum absolute atomic E-state index is 12.6. The van der Waals surface area contributed by atoms with Gasteiger partial charge in [-0.3, -0.25) is 19.9 Å². The number of rotatable bonds is 2. The van der Waals surface area contributed by atoms with Gasteiger partial charge in [-0.1, -0.05) is 20.8 Å². The topological polar surface area (TPSA) is 74.8 Å². The number of piperidine rings is 1. The molecule has 0 spiro atoms. The van der Waals surface area contributed by atoms with Crippen LogP contribution in [0, 0.1) is 5.41 Å². The van der Waals surface area contributed by atoms with E-state index in [-0.39, 0.29) is 17.2 Å². The molecule has 1 amide bonds. The molecular formula is C17H23N5O. The molecule has 3 heterocycles. The van der Waals surface area contributed by atoms with E-state index in [1.807, 2.05) is 31.9 Å². The fraction of sp³-hybridized carbons (Fsp3) is 0.529. The van der Waals surface area contributed by atoms with Gasteiger partial charge < -0.3 is 4.90 Å². The van der Waals surface area contributed by atoms with E-state index >= 15 is 0 Å². The van der Waals surface area contributed by atoms with Crippen molar-refractivity contribution in [2.24, 2.45) is 5.41 Å². The van der Waals surface area contributed by atoms with Gasteiger partial charge in [0.25, 0.3) is 0 Å². The summed E-state index contributed by atoms with van der Waals surface area (Å²) in [6, 6.07) is 0. The maximum atomic E-state index is 12.6. The number of nitrogens with one attached hydrogen (secondary N) is 1. The van der Waals surface area contributed by atoms with Crippen LogP contribution < -0.4 is 0 Å². The van der Waals surface area contributed by atoms with Gasteiger partial charge in [-0.2, -0.15) is 5.10 Å². The zero-order valence-electron chi connectivity index (χ0n) is 13.9. The third kappa shape index (κ3) is 3.25. The summed E-state index contributed by atoms with van der Waals surface area (Å²) >= 11 is 0. The Morgan fingerprint density at radius 1 is 1.30 bits per heavy atom. The molecule has 0 aliphatic carbocycles. The van der Waals surface area contributed by atoms with Crippen LogP contribution in [0.5, 0.6) is 0 Å². The lowest BCUT2D eigenvalue weighted by atomic mass is 9.88. The van der Waals surface area contributed by atoms with E-state index in [4.69, 9.17) is 0 Å². The average molecular weight is 313 g/mol. The van der Waals surface area contributed by atoms with Gasteiger partial charge in [-0.05, 0) is 12.8 Å². The van der Waals surface area contributed by atoms with Gasteiger partial charge in [-0.25, -0.2) is 0 Å². The van der Waals surface area contributed by atoms with Gasteiger partial charge in [0, 0.05) is 48.6 Å². The second kappa shape index (κ2) is 6.10. The highest BCUT2D eigenvalue weighted by molar-refractivity contribution is 5.81. The van der Waals surface area contributed by atoms with Crippen LogP contribution in [0.1, 0.15) is 45.2 Å². The molecule has 1 unspecified atom stereocenters. The number of likely N-dealkylation sites (tertiary alicyclic amines) is 1. The van der Waals surface area contributed by atoms with Crippen molar-refractivity contribution in [3.05, 3.63) is 30.5 Å². The molecule has 23 heavy (non-hydrogen) atoms. The minimum atomic E-state index is -0.350. The minimum Gasteiger partial charge on any atom is -0.342 e. The van der Waals surface area contributed by atoms with Gasteiger partial charge in [0.2, 0.25) is 5.91 Å². The van der Waals surface area contributed by atoms with Gasteiger partial charge in [-0.15, -0.1) is 0 Å². The molecule has 0 radical (unpaired) electrons. The molecule has 6 nitrogen and oxygen atoms in total. The van der Waals surface area contributed by atoms with E-state index in [2.05, 4.69) is 20.2 Å². The largest absolute Gasteiger partial charge is 0.342 e. The number of nitrogens with zero attached hydrogens (tertiary/aromatic N) is 4. The summed E-state index contributed by atoms with van der Waals surface area (Å²) in [6.07, 6.45) is 9.03. The lowest BCUT2D eigenvalue weighted by molar-refractivity contribution is -0.140. The zero-order chi connectivity index (χ0) is 16.4. The Hall–Kier alpha value is -2.24. The van der Waals surface area contributed by atoms with Crippen molar-refractivity contribution in [1.29, 1.82) is 0 Å². The molecule has 1 fully saturated rings. The molecule has 2 aromatic rings. The van der Waals surface area contributed by atoms with Gasteiger partial charge >= 0.3 is 0 Å². The molecule has 2 aromatic heterocycles. The Morgan fingerprint density at radius 2 is 2.09 bits per heavy atom. The second-order valence-electron chi connectivity index (χ2n) is 7.12. The van der Waals surface area contributed by atoms with Crippen molar-refractivity contribution in [1.82, 2.24) is 25.1 Å². The summed E-state index contributed by atoms with van der Waals surface area (Å²) in [4.78, 5) is 23.6. The molecule has 122 valence electrons. The number of hydrogen-bond donors (Lipinski definition) is 1. The lowest BCUT2D eigenvalue weighted by Crippen LogP contribution is -2.44. The number of amides is 1. The SMILES string of the molecule is CC(C)(C)C(=O)N1CCCC(c2nccnc2-c2cn[nH]c2)C1. The van der Waals surface area contributed by atoms with Crippen molar-refractivity contribution in [3.63, 3.8) is 0 Å². The summed E-state index contributed by atoms with van der Waals surface area (Å²) in [5.74, 6) is 0.421. The number of carbonyl (C=O) groups excluding carboxylic acids is 1. The van der Waals surface area contributed by atoms with Crippen LogP contribution in [0.25, 0.3) is 11.3 Å². The van der Waals surface area contributed by atoms with Crippen molar-refractivity contribution in [3.8, 4) is 11.3 Å². The first kappa shape index (κ1) is 15.6. The first-order valence-electron chi connectivity index (χ1n) is 8.06. The Labute approximate surface area is 136 Å². The van der Waals surface area contributed by atoms with E-state index < -0.39 is 0 Å². The van der Waals surface area contributed by atoms with Crippen molar-refractivity contribution < 1.29 is 4.79 Å². The molecule has 0 saturated carbocycles. The monoisotopic (exact) mass is 313 g/mol. The highest BCUT2D eigenvalue weighted by atomic mass is 16.2. The van der Waals surface area contributed by atoms with Crippen molar-refractivity contribution in [2.45, 2.75) is 39.5 Å². The fourth-order valence-electron chi connectivity index (χ4n) is 3.11. The highest BCUT2D eigenvalue weighted by Gasteiger charge is 2.32. The Morgan fingerprint density at radius 3 is 2.78 bits per heavy atom. The van der Waals surface area contributed by atoms with Gasteiger partial charge in [0.15, 0.2) is 0 Å². The molecule has 3 rings (SSSR count). The maximum Gasteiger partial charge on any atom is 0.227 e. The quantitative estimate of drug-likeness (QED) is 0.925. The van der Waals surface area contributed by atoms with Gasteiger partial charge in [0.05, 0.1) is 17.6 Å². The van der Waals surface area contributed by atoms with E-state index in [9.17, 15) is 4.79 Å². The molecule has 1 saturated heterocycles. The molecule has 1 atom stereocenters. The van der Waals surface area contributed by atoms with Crippen LogP contribution in [0.4, 0.5) is 0 Å². The van der Waals surface area contributed by atoms with E-state index in [1.54, 1.807) is 18.6 Å². The summed E-state index contributed by atoms with van der Waals surface area (Å²) < 4.78 is 0. The normalized spacial score (nSPS) is 18.9. The summed E-state index contributed by atoms with van der Waals surface area (Å²) in [5.41, 5.74) is 2.40. The number of aromatic nitrogens is 4. The molecule has 0 aromatic carbocycles. The smallest absolute Gasteiger partial charge is 0.227 e. The van der Waals surface area contributed by atoms with Crippen LogP contribution in [0.15, 0.2) is 24.8 Å². The van der Waals surface area contributed by atoms with E-state index in [1.165, 1.54) is 0 Å². The van der Waals surface area contributed by atoms with E-state index in [0.717, 1.165) is 36.3 Å². The van der Waals surface area contributed by atoms with Crippen LogP contribution in [-0.4, -0.2) is 44.1 Å². The zero-order valence-corrected chi connectivity index (χ0v) is 13.9. The summed E-state index contributed by atoms with van der Waals surface area (Å²) in [6.45, 7) is 7.45. The molecular weight excluding hydrogens is 290 g/mol. The molecule has 1 aliphatic heterocycles. The second-order valence-corrected chi connectivity index (χ2v) is 7.12. The lowest BCUT2D eigenvalue weighted by Gasteiger charge is -2.36. The standard InChI is InChI=1S/C17H23N5O/c1-17(2,3)16(23)22-8-4-5-12(11-22)14-15(19-7-6-18-14)13-9-20-21-10-13/h6-7,9-10,12H,4-5,8,11H2,1-3H3,(H,20,21). The van der Waals surface area contributed by atoms with Crippen LogP contribution in [0.3, 0.4) is 0 Å². The Bertz CT molecular complexity index is 675. The Balaban J connectivity index is 1.87. The Kier molecular flexibility index (Phi) is 4.15. The van der Waals surface area contributed by atoms with Crippen LogP contribution >= 0.6 is 0 Å². The predicted molar refractivity (Wildman–Crippen MR) is 87.6 cm³/mol. The van der Waals surface area contributed by atoms with E-state index in [0.29, 0.717) is 6.54 Å². The molecule has 0 bridgehead atoms. The van der Waals surface area contributed by atoms with Crippen LogP contribution in [0.2, 0.25) is 0 Å². The average Bonchev–Trinajstić information content (AvgIpc) is 3.08.